The Hall–Kier alpha value is -1.75. The minimum atomic E-state index is -0.0908. The number of urea groups is 1. The molecule has 0 bridgehead atoms. The smallest absolute Gasteiger partial charge is 0.324 e. The highest BCUT2D eigenvalue weighted by molar-refractivity contribution is 5.97. The predicted molar refractivity (Wildman–Crippen MR) is 62.3 cm³/mol. The zero-order chi connectivity index (χ0) is 11.5. The van der Waals surface area contributed by atoms with Crippen LogP contribution in [0.5, 0.6) is 0 Å². The molecular weight excluding hydrogens is 206 g/mol. The van der Waals surface area contributed by atoms with Gasteiger partial charge in [0, 0.05) is 19.6 Å². The summed E-state index contributed by atoms with van der Waals surface area (Å²) >= 11 is 0. The molecule has 0 saturated carbocycles. The second kappa shape index (κ2) is 4.40. The number of anilines is 2. The summed E-state index contributed by atoms with van der Waals surface area (Å²) in [6.45, 7) is 1.62. The first-order valence-corrected chi connectivity index (χ1v) is 5.26. The van der Waals surface area contributed by atoms with Crippen molar-refractivity contribution in [3.63, 3.8) is 0 Å². The number of carbonyl (C=O) groups is 1. The first-order valence-electron chi connectivity index (χ1n) is 5.26. The van der Waals surface area contributed by atoms with Gasteiger partial charge in [0.15, 0.2) is 0 Å². The number of aliphatic hydroxyl groups excluding tert-OH is 1. The van der Waals surface area contributed by atoms with Gasteiger partial charge in [-0.15, -0.1) is 0 Å². The number of nitrogens with zero attached hydrogens (tertiary/aromatic N) is 2. The minimum absolute atomic E-state index is 0.0101. The standard InChI is InChI=1S/C11H15N3O2/c12-9-3-1-2-4-10(9)14-6-5-13(7-8-15)11(14)16/h1-4,15H,5-8,12H2. The van der Waals surface area contributed by atoms with Gasteiger partial charge in [0.25, 0.3) is 0 Å². The van der Waals surface area contributed by atoms with E-state index in [4.69, 9.17) is 10.8 Å². The SMILES string of the molecule is Nc1ccccc1N1CCN(CCO)C1=O. The van der Waals surface area contributed by atoms with Crippen LogP contribution in [0.3, 0.4) is 0 Å². The summed E-state index contributed by atoms with van der Waals surface area (Å²) in [6, 6.07) is 7.21. The van der Waals surface area contributed by atoms with Crippen LogP contribution in [0.15, 0.2) is 24.3 Å². The molecular formula is C11H15N3O2. The van der Waals surface area contributed by atoms with Gasteiger partial charge in [-0.1, -0.05) is 12.1 Å². The molecule has 0 atom stereocenters. The van der Waals surface area contributed by atoms with Crippen LogP contribution in [-0.2, 0) is 0 Å². The van der Waals surface area contributed by atoms with Crippen molar-refractivity contribution in [3.8, 4) is 0 Å². The lowest BCUT2D eigenvalue weighted by molar-refractivity contribution is 0.199. The lowest BCUT2D eigenvalue weighted by Crippen LogP contribution is -2.33. The van der Waals surface area contributed by atoms with E-state index in [0.717, 1.165) is 5.69 Å². The topological polar surface area (TPSA) is 69.8 Å². The molecule has 3 N–H and O–H groups in total. The van der Waals surface area contributed by atoms with E-state index in [1.165, 1.54) is 0 Å². The van der Waals surface area contributed by atoms with Crippen molar-refractivity contribution in [1.29, 1.82) is 0 Å². The number of rotatable bonds is 3. The van der Waals surface area contributed by atoms with Crippen molar-refractivity contribution < 1.29 is 9.90 Å². The molecule has 1 aromatic rings. The molecule has 5 heteroatoms. The van der Waals surface area contributed by atoms with E-state index in [-0.39, 0.29) is 12.6 Å². The fourth-order valence-corrected chi connectivity index (χ4v) is 1.87. The van der Waals surface area contributed by atoms with Crippen LogP contribution in [0.2, 0.25) is 0 Å². The molecule has 1 saturated heterocycles. The normalized spacial score (nSPS) is 15.9. The number of nitrogens with two attached hydrogens (primary N) is 1. The second-order valence-corrected chi connectivity index (χ2v) is 3.70. The van der Waals surface area contributed by atoms with E-state index >= 15 is 0 Å². The van der Waals surface area contributed by atoms with Gasteiger partial charge in [0.1, 0.15) is 0 Å². The first-order chi connectivity index (χ1) is 7.74. The minimum Gasteiger partial charge on any atom is -0.397 e. The number of carbonyl (C=O) groups excluding carboxylic acids is 1. The van der Waals surface area contributed by atoms with E-state index in [1.54, 1.807) is 15.9 Å². The average molecular weight is 221 g/mol. The maximum atomic E-state index is 11.9. The maximum Gasteiger partial charge on any atom is 0.324 e. The summed E-state index contributed by atoms with van der Waals surface area (Å²) in [5.74, 6) is 0. The average Bonchev–Trinajstić information content (AvgIpc) is 2.62. The first kappa shape index (κ1) is 10.8. The number of β-amino-alcohol motifs (C(OH)–C–C–N with tert-alkyl or cyclic N) is 1. The van der Waals surface area contributed by atoms with Gasteiger partial charge < -0.3 is 15.7 Å². The molecule has 86 valence electrons. The van der Waals surface area contributed by atoms with Gasteiger partial charge in [-0.05, 0) is 12.1 Å². The highest BCUT2D eigenvalue weighted by Crippen LogP contribution is 2.25. The third-order valence-corrected chi connectivity index (χ3v) is 2.69. The predicted octanol–water partition coefficient (Wildman–Crippen LogP) is 0.503. The van der Waals surface area contributed by atoms with Crippen LogP contribution in [0.4, 0.5) is 16.2 Å². The number of amides is 2. The molecule has 0 aromatic heterocycles. The summed E-state index contributed by atoms with van der Waals surface area (Å²) in [5, 5.41) is 8.82. The molecule has 1 fully saturated rings. The van der Waals surface area contributed by atoms with Gasteiger partial charge in [-0.3, -0.25) is 4.90 Å². The van der Waals surface area contributed by atoms with E-state index in [1.807, 2.05) is 18.2 Å². The van der Waals surface area contributed by atoms with E-state index < -0.39 is 0 Å². The quantitative estimate of drug-likeness (QED) is 0.730. The van der Waals surface area contributed by atoms with Gasteiger partial charge in [0.05, 0.1) is 18.0 Å². The zero-order valence-electron chi connectivity index (χ0n) is 8.97. The molecule has 1 aliphatic heterocycles. The lowest BCUT2D eigenvalue weighted by atomic mass is 10.2. The zero-order valence-corrected chi connectivity index (χ0v) is 8.97. The molecule has 1 aliphatic rings. The maximum absolute atomic E-state index is 11.9. The number of hydrogen-bond acceptors (Lipinski definition) is 3. The van der Waals surface area contributed by atoms with E-state index in [2.05, 4.69) is 0 Å². The van der Waals surface area contributed by atoms with Gasteiger partial charge in [-0.2, -0.15) is 0 Å². The summed E-state index contributed by atoms with van der Waals surface area (Å²) in [5.41, 5.74) is 7.16. The largest absolute Gasteiger partial charge is 0.397 e. The van der Waals surface area contributed by atoms with Crippen LogP contribution in [0.1, 0.15) is 0 Å². The van der Waals surface area contributed by atoms with Crippen molar-refractivity contribution in [1.82, 2.24) is 4.90 Å². The summed E-state index contributed by atoms with van der Waals surface area (Å²) < 4.78 is 0. The van der Waals surface area contributed by atoms with Crippen molar-refractivity contribution in [2.75, 3.05) is 36.9 Å². The van der Waals surface area contributed by atoms with E-state index in [0.29, 0.717) is 25.3 Å². The van der Waals surface area contributed by atoms with Crippen molar-refractivity contribution >= 4 is 17.4 Å². The summed E-state index contributed by atoms with van der Waals surface area (Å²) in [7, 11) is 0. The Kier molecular flexibility index (Phi) is 2.96. The van der Waals surface area contributed by atoms with Crippen molar-refractivity contribution in [2.45, 2.75) is 0 Å². The summed E-state index contributed by atoms with van der Waals surface area (Å²) in [4.78, 5) is 15.2. The molecule has 0 aliphatic carbocycles. The number of hydrogen-bond donors (Lipinski definition) is 2. The Bertz CT molecular complexity index is 395. The highest BCUT2D eigenvalue weighted by atomic mass is 16.3. The van der Waals surface area contributed by atoms with Gasteiger partial charge in [0.2, 0.25) is 0 Å². The number of benzene rings is 1. The van der Waals surface area contributed by atoms with Crippen LogP contribution in [0, 0.1) is 0 Å². The fraction of sp³-hybridized carbons (Fsp3) is 0.364. The monoisotopic (exact) mass is 221 g/mol. The second-order valence-electron chi connectivity index (χ2n) is 3.70. The number of nitrogen functional groups attached to an aromatic ring is 1. The van der Waals surface area contributed by atoms with E-state index in [9.17, 15) is 4.79 Å². The molecule has 0 radical (unpaired) electrons. The molecule has 1 heterocycles. The number of para-hydroxylation sites is 2. The molecule has 16 heavy (non-hydrogen) atoms. The molecule has 5 nitrogen and oxygen atoms in total. The molecule has 0 spiro atoms. The summed E-state index contributed by atoms with van der Waals surface area (Å²) in [6.07, 6.45) is 0. The molecule has 2 amide bonds. The van der Waals surface area contributed by atoms with Crippen molar-refractivity contribution in [2.24, 2.45) is 0 Å². The number of aliphatic hydroxyl groups is 1. The lowest BCUT2D eigenvalue weighted by Gasteiger charge is -2.19. The van der Waals surface area contributed by atoms with Crippen LogP contribution >= 0.6 is 0 Å². The molecule has 2 rings (SSSR count). The fourth-order valence-electron chi connectivity index (χ4n) is 1.87. The Morgan fingerprint density at radius 3 is 2.75 bits per heavy atom. The highest BCUT2D eigenvalue weighted by Gasteiger charge is 2.29. The van der Waals surface area contributed by atoms with Crippen LogP contribution in [0.25, 0.3) is 0 Å². The Balaban J connectivity index is 2.19. The third kappa shape index (κ3) is 1.81. The van der Waals surface area contributed by atoms with Crippen LogP contribution in [-0.4, -0.2) is 42.3 Å². The van der Waals surface area contributed by atoms with Crippen molar-refractivity contribution in [3.05, 3.63) is 24.3 Å². The van der Waals surface area contributed by atoms with Crippen LogP contribution < -0.4 is 10.6 Å². The Morgan fingerprint density at radius 1 is 1.31 bits per heavy atom. The van der Waals surface area contributed by atoms with Gasteiger partial charge >= 0.3 is 6.03 Å². The Morgan fingerprint density at radius 2 is 2.06 bits per heavy atom. The molecule has 1 aromatic carbocycles. The Labute approximate surface area is 94.1 Å². The molecule has 0 unspecified atom stereocenters. The van der Waals surface area contributed by atoms with Gasteiger partial charge in [-0.25, -0.2) is 4.79 Å². The third-order valence-electron chi connectivity index (χ3n) is 2.69.